The highest BCUT2D eigenvalue weighted by atomic mass is 16.2. The van der Waals surface area contributed by atoms with E-state index < -0.39 is 0 Å². The zero-order chi connectivity index (χ0) is 18.8. The number of Topliss-reactive ketones (excluding diaryl/α,β-unsaturated/α-hetero) is 1. The van der Waals surface area contributed by atoms with E-state index in [1.807, 2.05) is 4.90 Å². The number of nitrogens with zero attached hydrogens (tertiary/aromatic N) is 1. The van der Waals surface area contributed by atoms with Crippen LogP contribution in [0.4, 0.5) is 5.69 Å². The van der Waals surface area contributed by atoms with Gasteiger partial charge in [-0.15, -0.1) is 0 Å². The van der Waals surface area contributed by atoms with Crippen LogP contribution in [-0.2, 0) is 9.59 Å². The Morgan fingerprint density at radius 3 is 2.69 bits per heavy atom. The SMILES string of the molecule is CC(=O)c1cccc(NC(=O)[C@@H]2CC(=O)N([C@@H]3CCC[C@@H](C)[C@H]3C)C2)c1. The first-order valence-electron chi connectivity index (χ1n) is 9.58. The average Bonchev–Trinajstić information content (AvgIpc) is 2.99. The second-order valence-electron chi connectivity index (χ2n) is 7.91. The van der Waals surface area contributed by atoms with Crippen LogP contribution in [0.15, 0.2) is 24.3 Å². The van der Waals surface area contributed by atoms with Gasteiger partial charge in [0, 0.05) is 30.3 Å². The van der Waals surface area contributed by atoms with Gasteiger partial charge in [0.1, 0.15) is 0 Å². The van der Waals surface area contributed by atoms with Crippen molar-refractivity contribution in [3.05, 3.63) is 29.8 Å². The normalized spacial score (nSPS) is 28.9. The van der Waals surface area contributed by atoms with Crippen LogP contribution in [-0.4, -0.2) is 35.1 Å². The Labute approximate surface area is 155 Å². The molecule has 1 saturated heterocycles. The molecule has 5 heteroatoms. The molecule has 2 fully saturated rings. The Morgan fingerprint density at radius 2 is 1.96 bits per heavy atom. The highest BCUT2D eigenvalue weighted by molar-refractivity contribution is 5.99. The van der Waals surface area contributed by atoms with E-state index in [1.165, 1.54) is 13.3 Å². The fourth-order valence-electron chi connectivity index (χ4n) is 4.28. The van der Waals surface area contributed by atoms with Gasteiger partial charge < -0.3 is 10.2 Å². The van der Waals surface area contributed by atoms with Gasteiger partial charge in [0.2, 0.25) is 11.8 Å². The Kier molecular flexibility index (Phi) is 5.44. The molecule has 26 heavy (non-hydrogen) atoms. The lowest BCUT2D eigenvalue weighted by molar-refractivity contribution is -0.131. The first kappa shape index (κ1) is 18.6. The van der Waals surface area contributed by atoms with Gasteiger partial charge in [0.15, 0.2) is 5.78 Å². The highest BCUT2D eigenvalue weighted by Gasteiger charge is 2.41. The van der Waals surface area contributed by atoms with Crippen molar-refractivity contribution in [2.45, 2.75) is 52.5 Å². The number of hydrogen-bond acceptors (Lipinski definition) is 3. The summed E-state index contributed by atoms with van der Waals surface area (Å²) in [5, 5.41) is 2.87. The summed E-state index contributed by atoms with van der Waals surface area (Å²) in [6.07, 6.45) is 3.67. The third kappa shape index (κ3) is 3.81. The highest BCUT2D eigenvalue weighted by Crippen LogP contribution is 2.35. The number of nitrogens with one attached hydrogen (secondary N) is 1. The molecule has 140 valence electrons. The Morgan fingerprint density at radius 1 is 1.19 bits per heavy atom. The lowest BCUT2D eigenvalue weighted by Crippen LogP contribution is -2.45. The van der Waals surface area contributed by atoms with E-state index in [9.17, 15) is 14.4 Å². The summed E-state index contributed by atoms with van der Waals surface area (Å²) in [6.45, 7) is 6.48. The summed E-state index contributed by atoms with van der Waals surface area (Å²) in [5.74, 6) is 0.675. The third-order valence-corrected chi connectivity index (χ3v) is 6.13. The molecule has 0 bridgehead atoms. The van der Waals surface area contributed by atoms with Crippen molar-refractivity contribution in [3.63, 3.8) is 0 Å². The summed E-state index contributed by atoms with van der Waals surface area (Å²) < 4.78 is 0. The van der Waals surface area contributed by atoms with E-state index in [1.54, 1.807) is 24.3 Å². The molecule has 0 spiro atoms. The lowest BCUT2D eigenvalue weighted by Gasteiger charge is -2.40. The zero-order valence-corrected chi connectivity index (χ0v) is 15.8. The second-order valence-corrected chi connectivity index (χ2v) is 7.91. The molecule has 1 aromatic rings. The number of benzene rings is 1. The summed E-state index contributed by atoms with van der Waals surface area (Å²) >= 11 is 0. The predicted octanol–water partition coefficient (Wildman–Crippen LogP) is 3.50. The first-order chi connectivity index (χ1) is 12.4. The van der Waals surface area contributed by atoms with Crippen LogP contribution >= 0.6 is 0 Å². The zero-order valence-electron chi connectivity index (χ0n) is 15.8. The summed E-state index contributed by atoms with van der Waals surface area (Å²) in [4.78, 5) is 38.6. The van der Waals surface area contributed by atoms with Gasteiger partial charge in [-0.05, 0) is 37.3 Å². The molecular formula is C21H28N2O3. The van der Waals surface area contributed by atoms with E-state index in [-0.39, 0.29) is 36.0 Å². The average molecular weight is 356 g/mol. The van der Waals surface area contributed by atoms with Crippen molar-refractivity contribution in [2.75, 3.05) is 11.9 Å². The maximum absolute atomic E-state index is 12.6. The molecule has 4 atom stereocenters. The van der Waals surface area contributed by atoms with Gasteiger partial charge >= 0.3 is 0 Å². The van der Waals surface area contributed by atoms with E-state index >= 15 is 0 Å². The van der Waals surface area contributed by atoms with Crippen LogP contribution in [0, 0.1) is 17.8 Å². The molecule has 3 rings (SSSR count). The molecule has 0 radical (unpaired) electrons. The Bertz CT molecular complexity index is 715. The van der Waals surface area contributed by atoms with Gasteiger partial charge in [-0.3, -0.25) is 14.4 Å². The maximum atomic E-state index is 12.6. The number of rotatable bonds is 4. The lowest BCUT2D eigenvalue weighted by atomic mass is 9.77. The summed E-state index contributed by atoms with van der Waals surface area (Å²) in [5.41, 5.74) is 1.17. The van der Waals surface area contributed by atoms with Crippen LogP contribution < -0.4 is 5.32 Å². The van der Waals surface area contributed by atoms with Crippen molar-refractivity contribution in [1.82, 2.24) is 4.90 Å². The number of anilines is 1. The summed E-state index contributed by atoms with van der Waals surface area (Å²) in [7, 11) is 0. The predicted molar refractivity (Wildman–Crippen MR) is 101 cm³/mol. The standard InChI is InChI=1S/C21H28N2O3/c1-13-6-4-9-19(14(13)2)23-12-17(11-20(23)25)21(26)22-18-8-5-7-16(10-18)15(3)24/h5,7-8,10,13-14,17,19H,4,6,9,11-12H2,1-3H3,(H,22,26)/t13-,14-,17-,19-/m1/s1. The van der Waals surface area contributed by atoms with Crippen molar-refractivity contribution in [3.8, 4) is 0 Å². The van der Waals surface area contributed by atoms with Crippen molar-refractivity contribution >= 4 is 23.3 Å². The molecule has 2 amide bonds. The number of hydrogen-bond donors (Lipinski definition) is 1. The Hall–Kier alpha value is -2.17. The fraction of sp³-hybridized carbons (Fsp3) is 0.571. The monoisotopic (exact) mass is 356 g/mol. The molecule has 1 aliphatic heterocycles. The molecule has 5 nitrogen and oxygen atoms in total. The number of amides is 2. The van der Waals surface area contributed by atoms with Gasteiger partial charge in [0.25, 0.3) is 0 Å². The number of carbonyl (C=O) groups excluding carboxylic acids is 3. The molecule has 1 N–H and O–H groups in total. The third-order valence-electron chi connectivity index (χ3n) is 6.13. The van der Waals surface area contributed by atoms with E-state index in [4.69, 9.17) is 0 Å². The summed E-state index contributed by atoms with van der Waals surface area (Å²) in [6, 6.07) is 7.18. The van der Waals surface area contributed by atoms with E-state index in [0.29, 0.717) is 29.6 Å². The van der Waals surface area contributed by atoms with Crippen LogP contribution in [0.3, 0.4) is 0 Å². The van der Waals surface area contributed by atoms with E-state index in [0.717, 1.165) is 12.8 Å². The van der Waals surface area contributed by atoms with Gasteiger partial charge in [-0.2, -0.15) is 0 Å². The molecule has 1 aromatic carbocycles. The van der Waals surface area contributed by atoms with Crippen LogP contribution in [0.1, 0.15) is 56.8 Å². The quantitative estimate of drug-likeness (QED) is 0.840. The van der Waals surface area contributed by atoms with E-state index in [2.05, 4.69) is 19.2 Å². The smallest absolute Gasteiger partial charge is 0.229 e. The minimum absolute atomic E-state index is 0.0382. The van der Waals surface area contributed by atoms with Crippen molar-refractivity contribution in [2.24, 2.45) is 17.8 Å². The maximum Gasteiger partial charge on any atom is 0.229 e. The van der Waals surface area contributed by atoms with Gasteiger partial charge in [-0.25, -0.2) is 0 Å². The molecule has 1 heterocycles. The number of ketones is 1. The molecular weight excluding hydrogens is 328 g/mol. The molecule has 0 unspecified atom stereocenters. The van der Waals surface area contributed by atoms with Crippen LogP contribution in [0.2, 0.25) is 0 Å². The van der Waals surface area contributed by atoms with Crippen LogP contribution in [0.5, 0.6) is 0 Å². The number of likely N-dealkylation sites (tertiary alicyclic amines) is 1. The molecule has 0 aromatic heterocycles. The van der Waals surface area contributed by atoms with Crippen molar-refractivity contribution < 1.29 is 14.4 Å². The number of carbonyl (C=O) groups is 3. The topological polar surface area (TPSA) is 66.5 Å². The minimum Gasteiger partial charge on any atom is -0.339 e. The second kappa shape index (κ2) is 7.60. The van der Waals surface area contributed by atoms with Gasteiger partial charge in [-0.1, -0.05) is 38.8 Å². The molecule has 2 aliphatic rings. The van der Waals surface area contributed by atoms with Crippen LogP contribution in [0.25, 0.3) is 0 Å². The van der Waals surface area contributed by atoms with Gasteiger partial charge in [0.05, 0.1) is 5.92 Å². The van der Waals surface area contributed by atoms with Crippen molar-refractivity contribution in [1.29, 1.82) is 0 Å². The fourth-order valence-corrected chi connectivity index (χ4v) is 4.28. The molecule has 1 saturated carbocycles. The Balaban J connectivity index is 1.65. The first-order valence-corrected chi connectivity index (χ1v) is 9.58. The molecule has 1 aliphatic carbocycles. The minimum atomic E-state index is -0.326. The largest absolute Gasteiger partial charge is 0.339 e.